The van der Waals surface area contributed by atoms with Gasteiger partial charge in [-0.2, -0.15) is 0 Å². The summed E-state index contributed by atoms with van der Waals surface area (Å²) in [6.07, 6.45) is 8.28. The van der Waals surface area contributed by atoms with E-state index in [0.717, 1.165) is 111 Å². The second-order valence-corrected chi connectivity index (χ2v) is 23.4. The Morgan fingerprint density at radius 2 is 1.07 bits per heavy atom. The number of likely N-dealkylation sites (N-methyl/N-ethyl adjacent to an activating group) is 2. The molecule has 2 aromatic carbocycles. The number of rotatable bonds is 16. The van der Waals surface area contributed by atoms with E-state index in [2.05, 4.69) is 5.32 Å². The molecule has 384 valence electrons. The van der Waals surface area contributed by atoms with E-state index < -0.39 is 32.1 Å². The molecular weight excluding hydrogens is 939 g/mol. The highest BCUT2D eigenvalue weighted by molar-refractivity contribution is 7.90. The summed E-state index contributed by atoms with van der Waals surface area (Å²) < 4.78 is 66.4. The molecule has 3 N–H and O–H groups in total. The molecule has 3 unspecified atom stereocenters. The van der Waals surface area contributed by atoms with Crippen LogP contribution in [0.2, 0.25) is 0 Å². The molecule has 3 amide bonds. The zero-order chi connectivity index (χ0) is 50.5. The molecule has 8 rings (SSSR count). The number of hydrogen-bond acceptors (Lipinski definition) is 11. The van der Waals surface area contributed by atoms with Crippen LogP contribution in [0.25, 0.3) is 21.8 Å². The largest absolute Gasteiger partial charge is 0.480 e. The lowest BCUT2D eigenvalue weighted by Gasteiger charge is -2.33. The van der Waals surface area contributed by atoms with Crippen LogP contribution in [0.4, 0.5) is 0 Å². The number of benzene rings is 2. The number of aromatic nitrogens is 2. The molecule has 0 bridgehead atoms. The van der Waals surface area contributed by atoms with Gasteiger partial charge in [0.05, 0.1) is 35.2 Å². The third-order valence-electron chi connectivity index (χ3n) is 14.9. The molecule has 19 heteroatoms. The fourth-order valence-corrected chi connectivity index (χ4v) is 13.6. The van der Waals surface area contributed by atoms with E-state index in [0.29, 0.717) is 65.2 Å². The minimum Gasteiger partial charge on any atom is -0.480 e. The Labute approximate surface area is 411 Å². The van der Waals surface area contributed by atoms with E-state index in [1.54, 1.807) is 64.1 Å². The second kappa shape index (κ2) is 22.7. The predicted octanol–water partition coefficient (Wildman–Crippen LogP) is 5.25. The third-order valence-corrected chi connectivity index (χ3v) is 18.3. The van der Waals surface area contributed by atoms with Gasteiger partial charge in [-0.1, -0.05) is 0 Å². The first-order chi connectivity index (χ1) is 33.4. The lowest BCUT2D eigenvalue weighted by atomic mass is 9.75. The van der Waals surface area contributed by atoms with Gasteiger partial charge < -0.3 is 34.8 Å². The van der Waals surface area contributed by atoms with Crippen molar-refractivity contribution in [2.75, 3.05) is 70.7 Å². The fourth-order valence-electron chi connectivity index (χ4n) is 11.1. The average molecular weight is 1010 g/mol. The topological polar surface area (TPSA) is 224 Å². The molecule has 0 radical (unpaired) electrons. The van der Waals surface area contributed by atoms with Crippen LogP contribution in [-0.4, -0.2) is 145 Å². The zero-order valence-corrected chi connectivity index (χ0v) is 42.9. The van der Waals surface area contributed by atoms with Gasteiger partial charge in [-0.15, -0.1) is 0 Å². The standard InChI is InChI=1S/C27H39N3O6S.C24H32N2O6S/c1-4-29(17-26(32)28-16-18(3)31)27(33)21-7-9-25-23(15-21)22-14-20(19-10-12-36-13-11-19)6-8-24(22)30(25)37(34,35)5-2;1-3-25(15-23(27)28)24(29)18-6-8-22-20(14-18)19-13-17(16-9-11-32-12-10-16)5-7-21(19)26(22)33(30,31)4-2/h7,9,15,18-20,31H,4-6,8,10-14,16-17H2,1-3H3,(H,28,32);6,8,14,16-17H,3-5,7,9-13,15H2,1-2H3,(H,27,28). The quantitative estimate of drug-likeness (QED) is 0.131. The number of carbonyl (C=O) groups is 4. The molecule has 2 aliphatic carbocycles. The van der Waals surface area contributed by atoms with Crippen molar-refractivity contribution in [3.05, 3.63) is 70.0 Å². The number of fused-ring (bicyclic) bond motifs is 6. The van der Waals surface area contributed by atoms with Crippen molar-refractivity contribution < 1.29 is 55.7 Å². The van der Waals surface area contributed by atoms with Crippen LogP contribution in [0.5, 0.6) is 0 Å². The summed E-state index contributed by atoms with van der Waals surface area (Å²) in [5.41, 5.74) is 5.75. The molecule has 2 aliphatic heterocycles. The maximum atomic E-state index is 13.4. The summed E-state index contributed by atoms with van der Waals surface area (Å²) in [5, 5.41) is 22.8. The number of amides is 3. The van der Waals surface area contributed by atoms with E-state index in [9.17, 15) is 41.1 Å². The lowest BCUT2D eigenvalue weighted by molar-refractivity contribution is -0.137. The van der Waals surface area contributed by atoms with Crippen molar-refractivity contribution in [3.63, 3.8) is 0 Å². The van der Waals surface area contributed by atoms with E-state index in [4.69, 9.17) is 14.6 Å². The highest BCUT2D eigenvalue weighted by Gasteiger charge is 2.36. The number of carboxylic acid groups (broad SMARTS) is 1. The smallest absolute Gasteiger partial charge is 0.323 e. The van der Waals surface area contributed by atoms with Crippen molar-refractivity contribution in [3.8, 4) is 0 Å². The number of nitrogens with zero attached hydrogens (tertiary/aromatic N) is 4. The fraction of sp³-hybridized carbons (Fsp3) is 0.608. The van der Waals surface area contributed by atoms with Gasteiger partial charge in [-0.05, 0) is 170 Å². The van der Waals surface area contributed by atoms with Gasteiger partial charge in [0.2, 0.25) is 26.0 Å². The minimum absolute atomic E-state index is 0.00151. The summed E-state index contributed by atoms with van der Waals surface area (Å²) in [7, 11) is -7.03. The molecule has 2 saturated heterocycles. The van der Waals surface area contributed by atoms with Gasteiger partial charge in [0.25, 0.3) is 11.8 Å². The molecule has 4 aromatic rings. The molecular formula is C51H71N5O12S2. The normalized spacial score (nSPS) is 19.4. The van der Waals surface area contributed by atoms with Gasteiger partial charge in [0, 0.05) is 79.3 Å². The minimum atomic E-state index is -3.52. The van der Waals surface area contributed by atoms with Gasteiger partial charge in [-0.25, -0.2) is 24.8 Å². The average Bonchev–Trinajstić information content (AvgIpc) is 3.89. The Morgan fingerprint density at radius 3 is 1.44 bits per heavy atom. The van der Waals surface area contributed by atoms with Gasteiger partial charge in [0.1, 0.15) is 6.54 Å². The van der Waals surface area contributed by atoms with Crippen LogP contribution in [0.1, 0.15) is 116 Å². The molecule has 0 saturated carbocycles. The van der Waals surface area contributed by atoms with E-state index in [1.807, 2.05) is 6.92 Å². The number of nitrogens with one attached hydrogen (secondary N) is 1. The number of aliphatic hydroxyl groups excluding tert-OH is 1. The molecule has 4 heterocycles. The molecule has 4 aliphatic rings. The summed E-state index contributed by atoms with van der Waals surface area (Å²) >= 11 is 0. The van der Waals surface area contributed by atoms with Crippen LogP contribution in [0, 0.1) is 23.7 Å². The highest BCUT2D eigenvalue weighted by Crippen LogP contribution is 2.42. The Bertz CT molecular complexity index is 2790. The molecule has 70 heavy (non-hydrogen) atoms. The Kier molecular flexibility index (Phi) is 17.2. The summed E-state index contributed by atoms with van der Waals surface area (Å²) in [5.74, 6) is -0.0164. The number of hydrogen-bond donors (Lipinski definition) is 3. The zero-order valence-electron chi connectivity index (χ0n) is 41.3. The van der Waals surface area contributed by atoms with Crippen LogP contribution in [0.15, 0.2) is 36.4 Å². The molecule has 0 spiro atoms. The number of carbonyl (C=O) groups excluding carboxylic acids is 3. The number of ether oxygens (including phenoxy) is 2. The van der Waals surface area contributed by atoms with Crippen molar-refractivity contribution in [2.45, 2.75) is 105 Å². The summed E-state index contributed by atoms with van der Waals surface area (Å²) in [4.78, 5) is 52.6. The Hall–Kier alpha value is -4.82. The number of aliphatic carboxylic acids is 1. The van der Waals surface area contributed by atoms with Crippen LogP contribution < -0.4 is 5.32 Å². The maximum Gasteiger partial charge on any atom is 0.323 e. The van der Waals surface area contributed by atoms with Crippen LogP contribution in [-0.2, 0) is 64.8 Å². The first-order valence-electron chi connectivity index (χ1n) is 25.1. The lowest BCUT2D eigenvalue weighted by Crippen LogP contribution is -2.42. The third kappa shape index (κ3) is 11.4. The van der Waals surface area contributed by atoms with Crippen molar-refractivity contribution >= 4 is 65.5 Å². The van der Waals surface area contributed by atoms with Crippen LogP contribution >= 0.6 is 0 Å². The van der Waals surface area contributed by atoms with Crippen molar-refractivity contribution in [2.24, 2.45) is 23.7 Å². The monoisotopic (exact) mass is 1010 g/mol. The molecule has 2 aromatic heterocycles. The maximum absolute atomic E-state index is 13.4. The summed E-state index contributed by atoms with van der Waals surface area (Å²) in [6, 6.07) is 10.3. The van der Waals surface area contributed by atoms with Gasteiger partial charge in [-0.3, -0.25) is 19.2 Å². The van der Waals surface area contributed by atoms with E-state index >= 15 is 0 Å². The van der Waals surface area contributed by atoms with Gasteiger partial charge in [0.15, 0.2) is 0 Å². The highest BCUT2D eigenvalue weighted by atomic mass is 32.2. The van der Waals surface area contributed by atoms with E-state index in [1.165, 1.54) is 17.7 Å². The van der Waals surface area contributed by atoms with Crippen LogP contribution in [0.3, 0.4) is 0 Å². The second-order valence-electron chi connectivity index (χ2n) is 19.2. The first kappa shape index (κ1) is 53.0. The SMILES string of the molecule is CCN(CC(=O)NCC(C)O)C(=O)c1ccc2c(c1)c1c(n2S(=O)(=O)CC)CCC(C2CCOCC2)C1.CCN(CC(=O)O)C(=O)c1ccc2c(c1)c1c(n2S(=O)(=O)CC)CCC(C2CCOCC2)C1. The van der Waals surface area contributed by atoms with Gasteiger partial charge >= 0.3 is 5.97 Å². The first-order valence-corrected chi connectivity index (χ1v) is 28.3. The summed E-state index contributed by atoms with van der Waals surface area (Å²) in [6.45, 7) is 11.8. The Balaban J connectivity index is 0.000000208. The Morgan fingerprint density at radius 1 is 0.657 bits per heavy atom. The van der Waals surface area contributed by atoms with E-state index in [-0.39, 0.29) is 55.4 Å². The molecule has 3 atom stereocenters. The number of carboxylic acids is 1. The van der Waals surface area contributed by atoms with Crippen molar-refractivity contribution in [1.82, 2.24) is 23.1 Å². The number of aliphatic hydroxyl groups is 1. The van der Waals surface area contributed by atoms with Crippen molar-refractivity contribution in [1.29, 1.82) is 0 Å². The molecule has 2 fully saturated rings. The predicted molar refractivity (Wildman–Crippen MR) is 267 cm³/mol. The molecule has 17 nitrogen and oxygen atoms in total.